The van der Waals surface area contributed by atoms with Gasteiger partial charge in [0, 0.05) is 29.6 Å². The Labute approximate surface area is 213 Å². The van der Waals surface area contributed by atoms with Crippen LogP contribution < -0.4 is 20.5 Å². The highest BCUT2D eigenvalue weighted by atomic mass is 19.1. The number of aromatic nitrogens is 4. The number of pyridine rings is 2. The minimum atomic E-state index is -2.20. The second kappa shape index (κ2) is 9.38. The maximum absolute atomic E-state index is 14.6. The van der Waals surface area contributed by atoms with Gasteiger partial charge in [0.05, 0.1) is 29.4 Å². The maximum atomic E-state index is 14.6. The predicted molar refractivity (Wildman–Crippen MR) is 132 cm³/mol. The van der Waals surface area contributed by atoms with Gasteiger partial charge in [-0.2, -0.15) is 4.98 Å². The molecule has 1 aliphatic carbocycles. The summed E-state index contributed by atoms with van der Waals surface area (Å²) in [6.07, 6.45) is 5.06. The van der Waals surface area contributed by atoms with E-state index in [0.29, 0.717) is 22.8 Å². The molecule has 37 heavy (non-hydrogen) atoms. The van der Waals surface area contributed by atoms with Crippen molar-refractivity contribution in [3.05, 3.63) is 65.5 Å². The van der Waals surface area contributed by atoms with Gasteiger partial charge in [0.15, 0.2) is 17.2 Å². The van der Waals surface area contributed by atoms with E-state index < -0.39 is 22.9 Å². The molecule has 9 nitrogen and oxygen atoms in total. The summed E-state index contributed by atoms with van der Waals surface area (Å²) in [6.45, 7) is 0.224. The number of methoxy groups -OCH3 is 1. The molecule has 4 aromatic rings. The summed E-state index contributed by atoms with van der Waals surface area (Å²) in [7, 11) is 13.7. The van der Waals surface area contributed by atoms with Crippen LogP contribution in [0.25, 0.3) is 16.8 Å². The number of nitrogens with two attached hydrogens (primary N) is 1. The van der Waals surface area contributed by atoms with E-state index in [0.717, 1.165) is 18.9 Å². The normalized spacial score (nSPS) is 13.5. The Hall–Kier alpha value is -4.15. The number of carbonyl (C=O) groups is 1. The molecule has 1 aromatic carbocycles. The Morgan fingerprint density at radius 3 is 2.76 bits per heavy atom. The van der Waals surface area contributed by atoms with Gasteiger partial charge < -0.3 is 20.5 Å². The molecule has 0 spiro atoms. The number of nitrogens with one attached hydrogen (secondary N) is 1. The Kier molecular flexibility index (Phi) is 6.22. The number of anilines is 1. The number of fused-ring (bicyclic) bond motifs is 1. The van der Waals surface area contributed by atoms with Crippen LogP contribution in [0.15, 0.2) is 42.7 Å². The summed E-state index contributed by atoms with van der Waals surface area (Å²) < 4.78 is 41.0. The highest BCUT2D eigenvalue weighted by Gasteiger charge is 2.31. The van der Waals surface area contributed by atoms with Crippen LogP contribution in [0.3, 0.4) is 0 Å². The van der Waals surface area contributed by atoms with Gasteiger partial charge in [-0.05, 0) is 53.9 Å². The molecule has 0 unspecified atom stereocenters. The lowest BCUT2D eigenvalue weighted by Gasteiger charge is -2.30. The number of hydrogen-bond donors (Lipinski definition) is 2. The number of carbonyl (C=O) groups excluding carboxylic acids is 1. The first-order valence-electron chi connectivity index (χ1n) is 11.3. The van der Waals surface area contributed by atoms with Crippen molar-refractivity contribution in [2.24, 2.45) is 5.92 Å². The quantitative estimate of drug-likeness (QED) is 0.357. The largest absolute Gasteiger partial charge is 0.490 e. The molecule has 184 valence electrons. The lowest BCUT2D eigenvalue weighted by molar-refractivity contribution is 0.0937. The second-order valence-corrected chi connectivity index (χ2v) is 8.81. The van der Waals surface area contributed by atoms with Gasteiger partial charge in [0.1, 0.15) is 11.4 Å². The summed E-state index contributed by atoms with van der Waals surface area (Å²) in [5, 5.41) is 4.25. The highest BCUT2D eigenvalue weighted by molar-refractivity contribution is 6.41. The number of rotatable bonds is 8. The van der Waals surface area contributed by atoms with Crippen LogP contribution in [0.4, 0.5) is 14.7 Å². The van der Waals surface area contributed by atoms with E-state index in [9.17, 15) is 13.6 Å². The molecular formula is C24H20B2F2N6O3. The van der Waals surface area contributed by atoms with E-state index in [1.54, 1.807) is 18.3 Å². The van der Waals surface area contributed by atoms with Gasteiger partial charge in [-0.25, -0.2) is 18.3 Å². The van der Waals surface area contributed by atoms with E-state index >= 15 is 0 Å². The van der Waals surface area contributed by atoms with Crippen molar-refractivity contribution in [3.8, 4) is 22.8 Å². The zero-order valence-electron chi connectivity index (χ0n) is 19.7. The van der Waals surface area contributed by atoms with E-state index in [-0.39, 0.29) is 41.2 Å². The van der Waals surface area contributed by atoms with Crippen LogP contribution in [0.1, 0.15) is 28.8 Å². The molecule has 13 heteroatoms. The lowest BCUT2D eigenvalue weighted by Crippen LogP contribution is -2.47. The number of hydrogen-bond acceptors (Lipinski definition) is 7. The van der Waals surface area contributed by atoms with Crippen LogP contribution in [0.2, 0.25) is 0 Å². The molecule has 1 saturated carbocycles. The topological polar surface area (TPSA) is 117 Å². The zero-order valence-corrected chi connectivity index (χ0v) is 19.7. The molecule has 1 aliphatic rings. The maximum Gasteiger partial charge on any atom is 0.256 e. The van der Waals surface area contributed by atoms with Crippen LogP contribution in [-0.4, -0.2) is 54.9 Å². The fourth-order valence-corrected chi connectivity index (χ4v) is 3.84. The third-order valence-electron chi connectivity index (χ3n) is 5.91. The van der Waals surface area contributed by atoms with E-state index in [2.05, 4.69) is 20.4 Å². The van der Waals surface area contributed by atoms with E-state index in [1.165, 1.54) is 23.9 Å². The van der Waals surface area contributed by atoms with Crippen LogP contribution >= 0.6 is 0 Å². The molecule has 1 fully saturated rings. The van der Waals surface area contributed by atoms with Gasteiger partial charge in [-0.15, -0.1) is 5.10 Å². The van der Waals surface area contributed by atoms with E-state index in [4.69, 9.17) is 30.9 Å². The van der Waals surface area contributed by atoms with Gasteiger partial charge in [-0.1, -0.05) is 0 Å². The first kappa shape index (κ1) is 24.5. The first-order chi connectivity index (χ1) is 17.6. The monoisotopic (exact) mass is 500 g/mol. The molecule has 5 rings (SSSR count). The number of benzene rings is 1. The van der Waals surface area contributed by atoms with Gasteiger partial charge in [-0.3, -0.25) is 4.79 Å². The summed E-state index contributed by atoms with van der Waals surface area (Å²) in [4.78, 5) is 21.6. The fraction of sp³-hybridized carbons (Fsp3) is 0.250. The third kappa shape index (κ3) is 5.07. The molecule has 0 aliphatic heterocycles. The molecule has 3 heterocycles. The summed E-state index contributed by atoms with van der Waals surface area (Å²) in [6, 6.07) is 6.56. The minimum absolute atomic E-state index is 0.0134. The van der Waals surface area contributed by atoms with Crippen molar-refractivity contribution in [1.29, 1.82) is 0 Å². The highest BCUT2D eigenvalue weighted by Crippen LogP contribution is 2.35. The molecule has 3 N–H and O–H groups in total. The Morgan fingerprint density at radius 1 is 1.24 bits per heavy atom. The minimum Gasteiger partial charge on any atom is -0.490 e. The van der Waals surface area contributed by atoms with E-state index in [1.807, 2.05) is 0 Å². The van der Waals surface area contributed by atoms with Crippen molar-refractivity contribution >= 4 is 33.2 Å². The average Bonchev–Trinajstić information content (AvgIpc) is 3.60. The predicted octanol–water partition coefficient (Wildman–Crippen LogP) is 2.33. The fourth-order valence-electron chi connectivity index (χ4n) is 3.84. The molecule has 1 amide bonds. The van der Waals surface area contributed by atoms with Crippen molar-refractivity contribution < 1.29 is 23.0 Å². The van der Waals surface area contributed by atoms with Crippen molar-refractivity contribution in [2.75, 3.05) is 19.5 Å². The second-order valence-electron chi connectivity index (χ2n) is 8.81. The molecule has 0 atom stereocenters. The molecule has 0 saturated heterocycles. The van der Waals surface area contributed by atoms with Crippen molar-refractivity contribution in [1.82, 2.24) is 24.9 Å². The van der Waals surface area contributed by atoms with Crippen LogP contribution in [0.5, 0.6) is 11.6 Å². The Bertz CT molecular complexity index is 1510. The first-order valence-corrected chi connectivity index (χ1v) is 11.3. The Balaban J connectivity index is 1.47. The summed E-state index contributed by atoms with van der Waals surface area (Å²) in [5.41, 5.74) is 7.08. The number of ether oxygens (including phenoxy) is 2. The average molecular weight is 500 g/mol. The van der Waals surface area contributed by atoms with Crippen molar-refractivity contribution in [3.63, 3.8) is 0 Å². The third-order valence-corrected chi connectivity index (χ3v) is 5.91. The van der Waals surface area contributed by atoms with Gasteiger partial charge in [0.2, 0.25) is 11.8 Å². The molecule has 3 aromatic heterocycles. The summed E-state index contributed by atoms with van der Waals surface area (Å²) >= 11 is 0. The standard InChI is InChI=1S/C24H20B2F2N6O3/c1-36-22-16(6-14(10-30-22)13-4-5-34-19(7-13)31-23(29)33-34)21(35)32-24(25,26)17-8-15(27)9-18(28)20(17)37-11-12-2-3-12/h4-10,12H,2-3,11H2,1H3,(H2,29,33)(H,32,35). The number of nitrogen functional groups attached to an aromatic ring is 1. The van der Waals surface area contributed by atoms with Crippen LogP contribution in [0, 0.1) is 17.6 Å². The molecule has 0 bridgehead atoms. The molecular weight excluding hydrogens is 480 g/mol. The van der Waals surface area contributed by atoms with Gasteiger partial charge >= 0.3 is 0 Å². The zero-order chi connectivity index (χ0) is 26.3. The smallest absolute Gasteiger partial charge is 0.256 e. The number of nitrogens with zero attached hydrogens (tertiary/aromatic N) is 4. The Morgan fingerprint density at radius 2 is 2.03 bits per heavy atom. The van der Waals surface area contributed by atoms with Gasteiger partial charge in [0.25, 0.3) is 5.91 Å². The van der Waals surface area contributed by atoms with Crippen molar-refractivity contribution in [2.45, 2.75) is 18.2 Å². The SMILES string of the molecule is [B]C([B])(NC(=O)c1cc(-c2ccn3nc(N)nc3c2)cnc1OC)c1cc(F)cc(F)c1OCC1CC1. The number of amides is 1. The molecule has 4 radical (unpaired) electrons. The summed E-state index contributed by atoms with van der Waals surface area (Å²) in [5.74, 6) is -2.63. The lowest BCUT2D eigenvalue weighted by atomic mass is 9.57. The van der Waals surface area contributed by atoms with Crippen LogP contribution in [-0.2, 0) is 5.34 Å². The number of halogens is 2.